The van der Waals surface area contributed by atoms with Crippen molar-refractivity contribution < 1.29 is 5.11 Å². The molecule has 0 aliphatic rings. The Bertz CT molecular complexity index is 392. The van der Waals surface area contributed by atoms with Gasteiger partial charge in [0.05, 0.1) is 0 Å². The molecule has 2 nitrogen and oxygen atoms in total. The molecule has 0 amide bonds. The molecule has 2 heteroatoms. The van der Waals surface area contributed by atoms with Crippen LogP contribution < -0.4 is 0 Å². The summed E-state index contributed by atoms with van der Waals surface area (Å²) in [7, 11) is 0. The monoisotopic (exact) mass is 538 g/mol. The van der Waals surface area contributed by atoms with Gasteiger partial charge < -0.3 is 10.0 Å². The molecule has 0 saturated carbocycles. The molecule has 1 N–H and O–H groups in total. The minimum absolute atomic E-state index is 0.351. The predicted octanol–water partition coefficient (Wildman–Crippen LogP) is 11.7. The normalized spacial score (nSPS) is 13.4. The zero-order valence-corrected chi connectivity index (χ0v) is 27.3. The highest BCUT2D eigenvalue weighted by Gasteiger charge is 2.18. The van der Waals surface area contributed by atoms with Crippen LogP contribution in [0.25, 0.3) is 0 Å². The van der Waals surface area contributed by atoms with E-state index in [4.69, 9.17) is 0 Å². The first kappa shape index (κ1) is 37.9. The van der Waals surface area contributed by atoms with Gasteiger partial charge in [-0.15, -0.1) is 0 Å². The zero-order chi connectivity index (χ0) is 27.9. The van der Waals surface area contributed by atoms with Crippen molar-refractivity contribution in [2.24, 2.45) is 11.8 Å². The topological polar surface area (TPSA) is 23.5 Å². The Hall–Kier alpha value is -0.0800. The van der Waals surface area contributed by atoms with Crippen LogP contribution in [0.3, 0.4) is 0 Å². The van der Waals surface area contributed by atoms with Crippen molar-refractivity contribution in [3.8, 4) is 0 Å². The molecular formula is C36H75NO. The lowest BCUT2D eigenvalue weighted by molar-refractivity contribution is 0.166. The number of hydrogen-bond acceptors (Lipinski definition) is 2. The van der Waals surface area contributed by atoms with Crippen LogP contribution in [0, 0.1) is 11.8 Å². The first-order valence-electron chi connectivity index (χ1n) is 18.0. The van der Waals surface area contributed by atoms with Gasteiger partial charge in [-0.25, -0.2) is 0 Å². The van der Waals surface area contributed by atoms with Crippen LogP contribution >= 0.6 is 0 Å². The van der Waals surface area contributed by atoms with E-state index in [1.54, 1.807) is 0 Å². The Labute approximate surface area is 242 Å². The summed E-state index contributed by atoms with van der Waals surface area (Å²) in [6.45, 7) is 13.5. The van der Waals surface area contributed by atoms with Gasteiger partial charge in [0.2, 0.25) is 0 Å². The van der Waals surface area contributed by atoms with Gasteiger partial charge in [0, 0.05) is 19.7 Å². The van der Waals surface area contributed by atoms with Gasteiger partial charge in [0.1, 0.15) is 0 Å². The molecule has 2 atom stereocenters. The number of aliphatic hydroxyl groups is 1. The SMILES string of the molecule is CCCCCCCCC(CCCCCC)CN(CCCCO)CC(CCCCCC)CCCCCCCC. The molecule has 0 aliphatic heterocycles. The molecule has 38 heavy (non-hydrogen) atoms. The number of unbranched alkanes of at least 4 members (excludes halogenated alkanes) is 17. The van der Waals surface area contributed by atoms with Crippen molar-refractivity contribution in [3.05, 3.63) is 0 Å². The second-order valence-corrected chi connectivity index (χ2v) is 12.7. The maximum absolute atomic E-state index is 9.47. The third-order valence-corrected chi connectivity index (χ3v) is 8.78. The fourth-order valence-electron chi connectivity index (χ4n) is 6.23. The van der Waals surface area contributed by atoms with E-state index in [0.29, 0.717) is 6.61 Å². The Morgan fingerprint density at radius 1 is 0.395 bits per heavy atom. The highest BCUT2D eigenvalue weighted by molar-refractivity contribution is 4.72. The average molecular weight is 538 g/mol. The molecule has 0 rings (SSSR count). The first-order chi connectivity index (χ1) is 18.7. The minimum Gasteiger partial charge on any atom is -0.396 e. The van der Waals surface area contributed by atoms with Gasteiger partial charge in [-0.05, 0) is 56.9 Å². The Morgan fingerprint density at radius 3 is 1.05 bits per heavy atom. The van der Waals surface area contributed by atoms with Crippen molar-refractivity contribution in [1.29, 1.82) is 0 Å². The quantitative estimate of drug-likeness (QED) is 0.0862. The van der Waals surface area contributed by atoms with Gasteiger partial charge in [0.15, 0.2) is 0 Å². The highest BCUT2D eigenvalue weighted by Crippen LogP contribution is 2.24. The van der Waals surface area contributed by atoms with Crippen LogP contribution in [0.4, 0.5) is 0 Å². The first-order valence-corrected chi connectivity index (χ1v) is 18.0. The van der Waals surface area contributed by atoms with E-state index in [-0.39, 0.29) is 0 Å². The molecule has 0 spiro atoms. The highest BCUT2D eigenvalue weighted by atomic mass is 16.2. The van der Waals surface area contributed by atoms with E-state index in [2.05, 4.69) is 32.6 Å². The zero-order valence-electron chi connectivity index (χ0n) is 27.3. The van der Waals surface area contributed by atoms with Crippen molar-refractivity contribution in [1.82, 2.24) is 4.90 Å². The van der Waals surface area contributed by atoms with E-state index in [9.17, 15) is 5.11 Å². The second kappa shape index (κ2) is 31.4. The standard InChI is InChI=1S/C36H75NO/c1-5-9-13-17-19-23-29-35(27-21-15-11-7-3)33-37(31-25-26-32-38)34-36(28-22-16-12-8-4)30-24-20-18-14-10-6-2/h35-36,38H,5-34H2,1-4H3. The van der Waals surface area contributed by atoms with Crippen molar-refractivity contribution in [2.45, 2.75) is 195 Å². The summed E-state index contributed by atoms with van der Waals surface area (Å²) in [4.78, 5) is 2.87. The number of nitrogens with zero attached hydrogens (tertiary/aromatic N) is 1. The van der Waals surface area contributed by atoms with Crippen LogP contribution in [0.5, 0.6) is 0 Å². The van der Waals surface area contributed by atoms with Crippen LogP contribution in [-0.2, 0) is 0 Å². The fourth-order valence-corrected chi connectivity index (χ4v) is 6.23. The summed E-state index contributed by atoms with van der Waals surface area (Å²) in [6, 6.07) is 0. The lowest BCUT2D eigenvalue weighted by Gasteiger charge is -2.31. The maximum atomic E-state index is 9.47. The van der Waals surface area contributed by atoms with Crippen molar-refractivity contribution >= 4 is 0 Å². The molecule has 2 unspecified atom stereocenters. The summed E-state index contributed by atoms with van der Waals surface area (Å²) in [6.07, 6.45) is 36.1. The Kier molecular flexibility index (Phi) is 31.4. The molecule has 230 valence electrons. The molecular weight excluding hydrogens is 462 g/mol. The van der Waals surface area contributed by atoms with Crippen LogP contribution in [0.1, 0.15) is 195 Å². The summed E-state index contributed by atoms with van der Waals surface area (Å²) in [5.41, 5.74) is 0. The molecule has 0 heterocycles. The maximum Gasteiger partial charge on any atom is 0.0431 e. The van der Waals surface area contributed by atoms with Gasteiger partial charge in [-0.3, -0.25) is 0 Å². The smallest absolute Gasteiger partial charge is 0.0431 e. The van der Waals surface area contributed by atoms with E-state index in [0.717, 1.165) is 24.7 Å². The van der Waals surface area contributed by atoms with Gasteiger partial charge in [-0.1, -0.05) is 156 Å². The molecule has 0 bridgehead atoms. The summed E-state index contributed by atoms with van der Waals surface area (Å²) < 4.78 is 0. The molecule has 0 aromatic carbocycles. The van der Waals surface area contributed by atoms with Crippen LogP contribution in [-0.4, -0.2) is 36.2 Å². The molecule has 0 radical (unpaired) electrons. The Morgan fingerprint density at radius 2 is 0.711 bits per heavy atom. The van der Waals surface area contributed by atoms with Gasteiger partial charge in [0.25, 0.3) is 0 Å². The second-order valence-electron chi connectivity index (χ2n) is 12.7. The summed E-state index contributed by atoms with van der Waals surface area (Å²) in [5.74, 6) is 1.75. The van der Waals surface area contributed by atoms with Crippen LogP contribution in [0.15, 0.2) is 0 Å². The lowest BCUT2D eigenvalue weighted by Crippen LogP contribution is -2.35. The average Bonchev–Trinajstić information content (AvgIpc) is 2.92. The molecule has 0 fully saturated rings. The van der Waals surface area contributed by atoms with Crippen molar-refractivity contribution in [2.75, 3.05) is 26.2 Å². The lowest BCUT2D eigenvalue weighted by atomic mass is 9.91. The minimum atomic E-state index is 0.351. The third-order valence-electron chi connectivity index (χ3n) is 8.78. The largest absolute Gasteiger partial charge is 0.396 e. The van der Waals surface area contributed by atoms with E-state index in [1.165, 1.54) is 174 Å². The van der Waals surface area contributed by atoms with E-state index < -0.39 is 0 Å². The number of rotatable bonds is 32. The molecule has 0 aliphatic carbocycles. The predicted molar refractivity (Wildman–Crippen MR) is 173 cm³/mol. The Balaban J connectivity index is 5.04. The van der Waals surface area contributed by atoms with Gasteiger partial charge >= 0.3 is 0 Å². The van der Waals surface area contributed by atoms with Crippen molar-refractivity contribution in [3.63, 3.8) is 0 Å². The molecule has 0 aromatic heterocycles. The molecule has 0 aromatic rings. The summed E-state index contributed by atoms with van der Waals surface area (Å²) >= 11 is 0. The number of hydrogen-bond donors (Lipinski definition) is 1. The summed E-state index contributed by atoms with van der Waals surface area (Å²) in [5, 5.41) is 9.47. The van der Waals surface area contributed by atoms with E-state index in [1.807, 2.05) is 0 Å². The fraction of sp³-hybridized carbons (Fsp3) is 1.00. The van der Waals surface area contributed by atoms with Gasteiger partial charge in [-0.2, -0.15) is 0 Å². The number of aliphatic hydroxyl groups excluding tert-OH is 1. The molecule has 0 saturated heterocycles. The van der Waals surface area contributed by atoms with Crippen LogP contribution in [0.2, 0.25) is 0 Å². The third kappa shape index (κ3) is 26.2. The van der Waals surface area contributed by atoms with E-state index >= 15 is 0 Å².